The monoisotopic (exact) mass is 251 g/mol. The molecule has 1 atom stereocenters. The van der Waals surface area contributed by atoms with Gasteiger partial charge in [-0.3, -0.25) is 4.79 Å². The predicted octanol–water partition coefficient (Wildman–Crippen LogP) is 3.37. The topological polar surface area (TPSA) is 20.3 Å². The first-order chi connectivity index (χ1) is 8.13. The van der Waals surface area contributed by atoms with E-state index in [0.29, 0.717) is 5.92 Å². The Hall–Kier alpha value is -1.02. The molecule has 0 bridgehead atoms. The summed E-state index contributed by atoms with van der Waals surface area (Å²) in [5.41, 5.74) is 2.16. The third-order valence-corrected chi connectivity index (χ3v) is 3.64. The number of nitrogens with zero attached hydrogens (tertiary/aromatic N) is 1. The highest BCUT2D eigenvalue weighted by molar-refractivity contribution is 6.29. The van der Waals surface area contributed by atoms with Gasteiger partial charge >= 0.3 is 0 Å². The third-order valence-electron chi connectivity index (χ3n) is 3.41. The van der Waals surface area contributed by atoms with Crippen molar-refractivity contribution in [2.75, 3.05) is 10.8 Å². The summed E-state index contributed by atoms with van der Waals surface area (Å²) in [5.74, 6) is 0.684. The fraction of sp³-hybridized carbons (Fsp3) is 0.500. The molecular weight excluding hydrogens is 234 g/mol. The molecule has 17 heavy (non-hydrogen) atoms. The van der Waals surface area contributed by atoms with Crippen LogP contribution in [-0.2, 0) is 4.79 Å². The zero-order valence-corrected chi connectivity index (χ0v) is 11.1. The van der Waals surface area contributed by atoms with E-state index in [2.05, 4.69) is 6.92 Å². The van der Waals surface area contributed by atoms with E-state index in [1.807, 2.05) is 36.1 Å². The molecule has 2 rings (SSSR count). The van der Waals surface area contributed by atoms with Gasteiger partial charge in [0.05, 0.1) is 0 Å². The van der Waals surface area contributed by atoms with E-state index < -0.39 is 0 Å². The second kappa shape index (κ2) is 5.09. The number of anilines is 1. The van der Waals surface area contributed by atoms with E-state index in [-0.39, 0.29) is 17.8 Å². The molecule has 2 nitrogen and oxygen atoms in total. The van der Waals surface area contributed by atoms with E-state index in [4.69, 9.17) is 11.6 Å². The Morgan fingerprint density at radius 3 is 2.47 bits per heavy atom. The highest BCUT2D eigenvalue weighted by atomic mass is 35.5. The summed E-state index contributed by atoms with van der Waals surface area (Å²) in [6.45, 7) is 4.16. The largest absolute Gasteiger partial charge is 0.308 e. The van der Waals surface area contributed by atoms with E-state index >= 15 is 0 Å². The molecule has 0 saturated heterocycles. The van der Waals surface area contributed by atoms with Crippen molar-refractivity contribution in [2.24, 2.45) is 5.92 Å². The van der Waals surface area contributed by atoms with Crippen molar-refractivity contribution in [3.63, 3.8) is 0 Å². The number of hydrogen-bond acceptors (Lipinski definition) is 1. The van der Waals surface area contributed by atoms with E-state index in [1.165, 1.54) is 18.4 Å². The molecule has 1 aliphatic rings. The van der Waals surface area contributed by atoms with E-state index in [9.17, 15) is 4.79 Å². The molecule has 0 unspecified atom stereocenters. The quantitative estimate of drug-likeness (QED) is 0.752. The van der Waals surface area contributed by atoms with Gasteiger partial charge in [-0.1, -0.05) is 17.7 Å². The summed E-state index contributed by atoms with van der Waals surface area (Å²) in [5, 5.41) is 0. The molecule has 0 aliphatic heterocycles. The van der Waals surface area contributed by atoms with Crippen molar-refractivity contribution in [3.05, 3.63) is 29.8 Å². The van der Waals surface area contributed by atoms with Crippen LogP contribution in [0.2, 0.25) is 0 Å². The molecule has 0 N–H and O–H groups in total. The maximum absolute atomic E-state index is 12.0. The number of carbonyl (C=O) groups excluding carboxylic acids is 1. The van der Waals surface area contributed by atoms with E-state index in [0.717, 1.165) is 5.69 Å². The molecule has 92 valence electrons. The summed E-state index contributed by atoms with van der Waals surface area (Å²) in [6.07, 6.45) is 2.44. The maximum atomic E-state index is 12.0. The molecule has 1 aromatic rings. The van der Waals surface area contributed by atoms with E-state index in [1.54, 1.807) is 0 Å². The predicted molar refractivity (Wildman–Crippen MR) is 71.6 cm³/mol. The second-order valence-electron chi connectivity index (χ2n) is 4.81. The molecule has 1 saturated carbocycles. The van der Waals surface area contributed by atoms with Crippen molar-refractivity contribution in [3.8, 4) is 0 Å². The smallest absolute Gasteiger partial charge is 0.242 e. The first kappa shape index (κ1) is 12.4. The lowest BCUT2D eigenvalue weighted by Gasteiger charge is -2.29. The third kappa shape index (κ3) is 2.81. The Morgan fingerprint density at radius 1 is 1.41 bits per heavy atom. The average molecular weight is 252 g/mol. The molecule has 1 fully saturated rings. The lowest BCUT2D eigenvalue weighted by atomic mass is 10.1. The van der Waals surface area contributed by atoms with Crippen LogP contribution < -0.4 is 4.90 Å². The average Bonchev–Trinajstić information content (AvgIpc) is 3.15. The van der Waals surface area contributed by atoms with Gasteiger partial charge in [0.25, 0.3) is 0 Å². The summed E-state index contributed by atoms with van der Waals surface area (Å²) in [4.78, 5) is 13.8. The highest BCUT2D eigenvalue weighted by Crippen LogP contribution is 2.37. The number of halogens is 1. The van der Waals surface area contributed by atoms with Gasteiger partial charge in [-0.05, 0) is 44.7 Å². The van der Waals surface area contributed by atoms with Crippen LogP contribution in [0.4, 0.5) is 5.69 Å². The fourth-order valence-electron chi connectivity index (χ4n) is 2.17. The molecule has 1 amide bonds. The van der Waals surface area contributed by atoms with Crippen molar-refractivity contribution in [2.45, 2.75) is 32.7 Å². The molecule has 0 aromatic heterocycles. The second-order valence-corrected chi connectivity index (χ2v) is 5.08. The van der Waals surface area contributed by atoms with Gasteiger partial charge in [0.1, 0.15) is 5.88 Å². The van der Waals surface area contributed by atoms with Crippen LogP contribution in [0.15, 0.2) is 24.3 Å². The van der Waals surface area contributed by atoms with Crippen molar-refractivity contribution >= 4 is 23.2 Å². The van der Waals surface area contributed by atoms with Crippen molar-refractivity contribution < 1.29 is 4.79 Å². The van der Waals surface area contributed by atoms with Crippen LogP contribution >= 0.6 is 11.6 Å². The summed E-state index contributed by atoms with van der Waals surface area (Å²) >= 11 is 5.71. The van der Waals surface area contributed by atoms with Crippen LogP contribution in [0.3, 0.4) is 0 Å². The molecule has 1 aromatic carbocycles. The molecule has 0 radical (unpaired) electrons. The zero-order valence-electron chi connectivity index (χ0n) is 10.3. The van der Waals surface area contributed by atoms with Crippen molar-refractivity contribution in [1.82, 2.24) is 0 Å². The Labute approximate surface area is 108 Å². The van der Waals surface area contributed by atoms with Gasteiger partial charge in [0, 0.05) is 11.7 Å². The zero-order chi connectivity index (χ0) is 12.4. The first-order valence-corrected chi connectivity index (χ1v) is 6.61. The van der Waals surface area contributed by atoms with Crippen LogP contribution in [-0.4, -0.2) is 17.8 Å². The summed E-state index contributed by atoms with van der Waals surface area (Å²) in [6, 6.07) is 8.31. The van der Waals surface area contributed by atoms with Crippen LogP contribution in [0.25, 0.3) is 0 Å². The lowest BCUT2D eigenvalue weighted by Crippen LogP contribution is -2.40. The number of hydrogen-bond donors (Lipinski definition) is 0. The summed E-state index contributed by atoms with van der Waals surface area (Å²) < 4.78 is 0. The minimum absolute atomic E-state index is 0.00470. The van der Waals surface area contributed by atoms with Gasteiger partial charge in [-0.2, -0.15) is 0 Å². The lowest BCUT2D eigenvalue weighted by molar-refractivity contribution is -0.116. The Morgan fingerprint density at radius 2 is 2.00 bits per heavy atom. The molecule has 3 heteroatoms. The first-order valence-electron chi connectivity index (χ1n) is 6.08. The molecule has 0 spiro atoms. The molecular formula is C14H18ClNO. The van der Waals surface area contributed by atoms with Gasteiger partial charge in [-0.25, -0.2) is 0 Å². The number of aryl methyl sites for hydroxylation is 1. The Kier molecular flexibility index (Phi) is 3.72. The van der Waals surface area contributed by atoms with Gasteiger partial charge in [0.2, 0.25) is 5.91 Å². The van der Waals surface area contributed by atoms with Gasteiger partial charge in [-0.15, -0.1) is 11.6 Å². The number of alkyl halides is 1. The SMILES string of the molecule is Cc1ccc(N(C(=O)CCl)[C@H](C)C2CC2)cc1. The van der Waals surface area contributed by atoms with Crippen molar-refractivity contribution in [1.29, 1.82) is 0 Å². The maximum Gasteiger partial charge on any atom is 0.242 e. The number of carbonyl (C=O) groups is 1. The standard InChI is InChI=1S/C14H18ClNO/c1-10-3-7-13(8-4-10)16(14(17)9-15)11(2)12-5-6-12/h3-4,7-8,11-12H,5-6,9H2,1-2H3/t11-/m1/s1. The number of amides is 1. The van der Waals surface area contributed by atoms with Gasteiger partial charge in [0.15, 0.2) is 0 Å². The number of rotatable bonds is 4. The fourth-order valence-corrected chi connectivity index (χ4v) is 2.29. The normalized spacial score (nSPS) is 16.6. The minimum atomic E-state index is -0.00470. The molecule has 0 heterocycles. The summed E-state index contributed by atoms with van der Waals surface area (Å²) in [7, 11) is 0. The molecule has 1 aliphatic carbocycles. The van der Waals surface area contributed by atoms with Crippen LogP contribution in [0.5, 0.6) is 0 Å². The highest BCUT2D eigenvalue weighted by Gasteiger charge is 2.34. The minimum Gasteiger partial charge on any atom is -0.308 e. The Bertz CT molecular complexity index is 397. The van der Waals surface area contributed by atoms with Crippen LogP contribution in [0.1, 0.15) is 25.3 Å². The Balaban J connectivity index is 2.25. The van der Waals surface area contributed by atoms with Crippen LogP contribution in [0, 0.1) is 12.8 Å². The number of benzene rings is 1. The van der Waals surface area contributed by atoms with Gasteiger partial charge < -0.3 is 4.90 Å².